The highest BCUT2D eigenvalue weighted by molar-refractivity contribution is 7.98. The molecule has 3 nitrogen and oxygen atoms in total. The summed E-state index contributed by atoms with van der Waals surface area (Å²) in [6.45, 7) is 4.05. The monoisotopic (exact) mass is 391 g/mol. The molecule has 0 saturated heterocycles. The smallest absolute Gasteiger partial charge is 0.251 e. The molecule has 0 fully saturated rings. The molecule has 0 bridgehead atoms. The third-order valence-electron chi connectivity index (χ3n) is 4.60. The zero-order valence-corrected chi connectivity index (χ0v) is 17.3. The lowest BCUT2D eigenvalue weighted by Gasteiger charge is -2.17. The number of methoxy groups -OCH3 is 1. The average molecular weight is 392 g/mol. The summed E-state index contributed by atoms with van der Waals surface area (Å²) < 4.78 is 5.39. The van der Waals surface area contributed by atoms with Crippen molar-refractivity contribution in [1.29, 1.82) is 0 Å². The first-order valence-electron chi connectivity index (χ1n) is 9.29. The van der Waals surface area contributed by atoms with Crippen LogP contribution in [0.15, 0.2) is 77.7 Å². The van der Waals surface area contributed by atoms with E-state index in [1.807, 2.05) is 55.5 Å². The molecular formula is C24H25NO2S. The van der Waals surface area contributed by atoms with E-state index in [2.05, 4.69) is 36.5 Å². The lowest BCUT2D eigenvalue weighted by Crippen LogP contribution is -2.26. The van der Waals surface area contributed by atoms with Crippen molar-refractivity contribution in [1.82, 2.24) is 5.32 Å². The SMILES string of the molecule is COc1ccccc1[C@@H](C)NC(=O)c1ccc(CSc2ccc(C)cc2)cc1. The van der Waals surface area contributed by atoms with Gasteiger partial charge in [0, 0.05) is 21.8 Å². The van der Waals surface area contributed by atoms with Gasteiger partial charge in [0.25, 0.3) is 5.91 Å². The molecule has 144 valence electrons. The number of hydrogen-bond acceptors (Lipinski definition) is 3. The minimum Gasteiger partial charge on any atom is -0.496 e. The van der Waals surface area contributed by atoms with Crippen LogP contribution >= 0.6 is 11.8 Å². The number of aryl methyl sites for hydroxylation is 1. The van der Waals surface area contributed by atoms with E-state index in [1.54, 1.807) is 18.9 Å². The summed E-state index contributed by atoms with van der Waals surface area (Å²) in [5, 5.41) is 3.05. The van der Waals surface area contributed by atoms with Gasteiger partial charge in [-0.05, 0) is 49.7 Å². The van der Waals surface area contributed by atoms with Crippen molar-refractivity contribution < 1.29 is 9.53 Å². The molecule has 0 aromatic heterocycles. The molecule has 4 heteroatoms. The number of thioether (sulfide) groups is 1. The van der Waals surface area contributed by atoms with Crippen LogP contribution in [0.1, 0.15) is 40.0 Å². The van der Waals surface area contributed by atoms with E-state index in [0.717, 1.165) is 17.1 Å². The molecule has 1 N–H and O–H groups in total. The maximum atomic E-state index is 12.6. The number of benzene rings is 3. The van der Waals surface area contributed by atoms with E-state index in [9.17, 15) is 4.79 Å². The number of ether oxygens (including phenoxy) is 1. The van der Waals surface area contributed by atoms with Gasteiger partial charge in [0.15, 0.2) is 0 Å². The molecule has 0 aliphatic rings. The molecule has 0 aliphatic heterocycles. The molecule has 1 atom stereocenters. The van der Waals surface area contributed by atoms with Crippen molar-refractivity contribution in [3.05, 3.63) is 95.1 Å². The van der Waals surface area contributed by atoms with Crippen LogP contribution < -0.4 is 10.1 Å². The summed E-state index contributed by atoms with van der Waals surface area (Å²) in [5.74, 6) is 1.57. The minimum absolute atomic E-state index is 0.0869. The zero-order chi connectivity index (χ0) is 19.9. The Kier molecular flexibility index (Phi) is 6.77. The summed E-state index contributed by atoms with van der Waals surface area (Å²) in [4.78, 5) is 13.8. The molecule has 3 rings (SSSR count). The van der Waals surface area contributed by atoms with Crippen LogP contribution in [0, 0.1) is 6.92 Å². The first kappa shape index (κ1) is 20.0. The van der Waals surface area contributed by atoms with Gasteiger partial charge < -0.3 is 10.1 Å². The number of nitrogens with one attached hydrogen (secondary N) is 1. The summed E-state index contributed by atoms with van der Waals surface area (Å²) in [7, 11) is 1.64. The largest absolute Gasteiger partial charge is 0.496 e. The third kappa shape index (κ3) is 5.17. The van der Waals surface area contributed by atoms with Crippen LogP contribution in [0.5, 0.6) is 5.75 Å². The van der Waals surface area contributed by atoms with Gasteiger partial charge in [0.2, 0.25) is 0 Å². The van der Waals surface area contributed by atoms with E-state index in [0.29, 0.717) is 5.56 Å². The van der Waals surface area contributed by atoms with Crippen molar-refractivity contribution in [2.24, 2.45) is 0 Å². The predicted octanol–water partition coefficient (Wildman–Crippen LogP) is 5.79. The molecule has 0 heterocycles. The van der Waals surface area contributed by atoms with E-state index >= 15 is 0 Å². The maximum Gasteiger partial charge on any atom is 0.251 e. The van der Waals surface area contributed by atoms with Crippen LogP contribution in [0.3, 0.4) is 0 Å². The number of carbonyl (C=O) groups is 1. The van der Waals surface area contributed by atoms with Crippen LogP contribution in [-0.2, 0) is 5.75 Å². The number of rotatable bonds is 7. The molecular weight excluding hydrogens is 366 g/mol. The second-order valence-electron chi connectivity index (χ2n) is 6.74. The molecule has 1 amide bonds. The molecule has 3 aromatic carbocycles. The van der Waals surface area contributed by atoms with Gasteiger partial charge in [-0.25, -0.2) is 0 Å². The quantitative estimate of drug-likeness (QED) is 0.518. The Morgan fingerprint density at radius 2 is 1.68 bits per heavy atom. The van der Waals surface area contributed by atoms with Crippen molar-refractivity contribution in [3.8, 4) is 5.75 Å². The first-order valence-corrected chi connectivity index (χ1v) is 10.3. The van der Waals surface area contributed by atoms with E-state index in [-0.39, 0.29) is 11.9 Å². The summed E-state index contributed by atoms with van der Waals surface area (Å²) in [6.07, 6.45) is 0. The highest BCUT2D eigenvalue weighted by Gasteiger charge is 2.14. The van der Waals surface area contributed by atoms with Gasteiger partial charge in [-0.15, -0.1) is 11.8 Å². The second kappa shape index (κ2) is 9.47. The maximum absolute atomic E-state index is 12.6. The Balaban J connectivity index is 1.59. The highest BCUT2D eigenvalue weighted by atomic mass is 32.2. The Hall–Kier alpha value is -2.72. The van der Waals surface area contributed by atoms with Gasteiger partial charge in [0.1, 0.15) is 5.75 Å². The van der Waals surface area contributed by atoms with E-state index in [4.69, 9.17) is 4.74 Å². The van der Waals surface area contributed by atoms with Gasteiger partial charge in [-0.2, -0.15) is 0 Å². The number of amides is 1. The average Bonchev–Trinajstić information content (AvgIpc) is 2.73. The Morgan fingerprint density at radius 1 is 1.00 bits per heavy atom. The predicted molar refractivity (Wildman–Crippen MR) is 116 cm³/mol. The summed E-state index contributed by atoms with van der Waals surface area (Å²) >= 11 is 1.79. The van der Waals surface area contributed by atoms with Crippen molar-refractivity contribution in [2.45, 2.75) is 30.5 Å². The summed E-state index contributed by atoms with van der Waals surface area (Å²) in [6, 6.07) is 23.9. The molecule has 0 aliphatic carbocycles. The first-order chi connectivity index (χ1) is 13.6. The molecule has 28 heavy (non-hydrogen) atoms. The van der Waals surface area contributed by atoms with Gasteiger partial charge >= 0.3 is 0 Å². The number of carbonyl (C=O) groups excluding carboxylic acids is 1. The van der Waals surface area contributed by atoms with Crippen molar-refractivity contribution in [2.75, 3.05) is 7.11 Å². The van der Waals surface area contributed by atoms with Crippen molar-refractivity contribution in [3.63, 3.8) is 0 Å². The minimum atomic E-state index is -0.139. The second-order valence-corrected chi connectivity index (χ2v) is 7.78. The number of hydrogen-bond donors (Lipinski definition) is 1. The zero-order valence-electron chi connectivity index (χ0n) is 16.4. The van der Waals surface area contributed by atoms with E-state index in [1.165, 1.54) is 16.0 Å². The van der Waals surface area contributed by atoms with Gasteiger partial charge in [-0.1, -0.05) is 48.0 Å². The van der Waals surface area contributed by atoms with Gasteiger partial charge in [0.05, 0.1) is 13.2 Å². The Bertz CT molecular complexity index is 920. The fraction of sp³-hybridized carbons (Fsp3) is 0.208. The van der Waals surface area contributed by atoms with E-state index < -0.39 is 0 Å². The lowest BCUT2D eigenvalue weighted by atomic mass is 10.1. The molecule has 0 unspecified atom stereocenters. The van der Waals surface area contributed by atoms with Gasteiger partial charge in [-0.3, -0.25) is 4.79 Å². The molecule has 0 saturated carbocycles. The standard InChI is InChI=1S/C24H25NO2S/c1-17-8-14-21(15-9-17)28-16-19-10-12-20(13-11-19)24(26)25-18(2)22-6-4-5-7-23(22)27-3/h4-15,18H,16H2,1-3H3,(H,25,26)/t18-/m1/s1. The fourth-order valence-electron chi connectivity index (χ4n) is 2.94. The third-order valence-corrected chi connectivity index (χ3v) is 5.68. The molecule has 3 aromatic rings. The van der Waals surface area contributed by atoms with Crippen LogP contribution in [0.2, 0.25) is 0 Å². The van der Waals surface area contributed by atoms with Crippen LogP contribution in [0.25, 0.3) is 0 Å². The van der Waals surface area contributed by atoms with Crippen LogP contribution in [0.4, 0.5) is 0 Å². The van der Waals surface area contributed by atoms with Crippen LogP contribution in [-0.4, -0.2) is 13.0 Å². The van der Waals surface area contributed by atoms with Crippen molar-refractivity contribution >= 4 is 17.7 Å². The normalized spacial score (nSPS) is 11.7. The molecule has 0 spiro atoms. The Morgan fingerprint density at radius 3 is 2.36 bits per heavy atom. The summed E-state index contributed by atoms with van der Waals surface area (Å²) in [5.41, 5.74) is 4.08. The topological polar surface area (TPSA) is 38.3 Å². The lowest BCUT2D eigenvalue weighted by molar-refractivity contribution is 0.0939. The number of para-hydroxylation sites is 1. The highest BCUT2D eigenvalue weighted by Crippen LogP contribution is 2.25. The molecule has 0 radical (unpaired) electrons. The fourth-order valence-corrected chi connectivity index (χ4v) is 3.79. The Labute approximate surface area is 171 Å².